The van der Waals surface area contributed by atoms with Gasteiger partial charge in [0.1, 0.15) is 0 Å². The molecule has 0 spiro atoms. The first kappa shape index (κ1) is 17.2. The summed E-state index contributed by atoms with van der Waals surface area (Å²) < 4.78 is 0. The number of aryl methyl sites for hydroxylation is 3. The van der Waals surface area contributed by atoms with Crippen LogP contribution < -0.4 is 5.73 Å². The topological polar surface area (TPSA) is 29.3 Å². The molecule has 2 nitrogen and oxygen atoms in total. The van der Waals surface area contributed by atoms with E-state index in [9.17, 15) is 0 Å². The second-order valence-electron chi connectivity index (χ2n) is 7.61. The van der Waals surface area contributed by atoms with Crippen LogP contribution in [0.2, 0.25) is 0 Å². The zero-order valence-electron chi connectivity index (χ0n) is 15.3. The maximum absolute atomic E-state index is 6.37. The van der Waals surface area contributed by atoms with Crippen LogP contribution in [-0.4, -0.2) is 24.0 Å². The molecule has 2 aromatic rings. The fourth-order valence-corrected chi connectivity index (χ4v) is 3.92. The molecule has 1 fully saturated rings. The van der Waals surface area contributed by atoms with Gasteiger partial charge in [0.15, 0.2) is 0 Å². The highest BCUT2D eigenvalue weighted by Gasteiger charge is 2.25. The Bertz CT molecular complexity index is 692. The van der Waals surface area contributed by atoms with Gasteiger partial charge in [-0.1, -0.05) is 42.5 Å². The Kier molecular flexibility index (Phi) is 5.37. The van der Waals surface area contributed by atoms with Crippen molar-refractivity contribution in [2.75, 3.05) is 13.1 Å². The molecule has 128 valence electrons. The van der Waals surface area contributed by atoms with Crippen LogP contribution in [0.4, 0.5) is 0 Å². The molecule has 2 atom stereocenters. The Hall–Kier alpha value is -1.64. The first-order chi connectivity index (χ1) is 11.5. The highest BCUT2D eigenvalue weighted by Crippen LogP contribution is 2.23. The summed E-state index contributed by atoms with van der Waals surface area (Å²) in [5.74, 6) is 0.653. The standard InChI is InChI=1S/C22H30N2/c1-16-8-9-19(10-18(16)3)11-20-12-22(23)15-24(13-20)14-21-7-5-4-6-17(21)2/h4-10,20,22H,11-15,23H2,1-3H3. The summed E-state index contributed by atoms with van der Waals surface area (Å²) in [6.45, 7) is 9.76. The van der Waals surface area contributed by atoms with Crippen LogP contribution in [0.5, 0.6) is 0 Å². The number of piperidine rings is 1. The first-order valence-corrected chi connectivity index (χ1v) is 9.10. The molecule has 2 aromatic carbocycles. The summed E-state index contributed by atoms with van der Waals surface area (Å²) in [5.41, 5.74) is 13.4. The summed E-state index contributed by atoms with van der Waals surface area (Å²) in [6.07, 6.45) is 2.27. The number of likely N-dealkylation sites (tertiary alicyclic amines) is 1. The van der Waals surface area contributed by atoms with Gasteiger partial charge in [-0.25, -0.2) is 0 Å². The van der Waals surface area contributed by atoms with E-state index in [1.165, 1.54) is 27.8 Å². The molecule has 0 aliphatic carbocycles. The van der Waals surface area contributed by atoms with Gasteiger partial charge in [-0.05, 0) is 67.3 Å². The number of nitrogens with zero attached hydrogens (tertiary/aromatic N) is 1. The van der Waals surface area contributed by atoms with Gasteiger partial charge in [0.2, 0.25) is 0 Å². The van der Waals surface area contributed by atoms with E-state index in [-0.39, 0.29) is 0 Å². The highest BCUT2D eigenvalue weighted by molar-refractivity contribution is 5.30. The van der Waals surface area contributed by atoms with Crippen molar-refractivity contribution in [3.05, 3.63) is 70.3 Å². The molecule has 2 N–H and O–H groups in total. The molecule has 1 aliphatic heterocycles. The quantitative estimate of drug-likeness (QED) is 0.922. The van der Waals surface area contributed by atoms with Crippen molar-refractivity contribution in [1.29, 1.82) is 0 Å². The maximum atomic E-state index is 6.37. The number of hydrogen-bond donors (Lipinski definition) is 1. The highest BCUT2D eigenvalue weighted by atomic mass is 15.1. The van der Waals surface area contributed by atoms with Crippen molar-refractivity contribution in [2.45, 2.75) is 46.2 Å². The van der Waals surface area contributed by atoms with Crippen molar-refractivity contribution in [3.63, 3.8) is 0 Å². The molecule has 0 saturated carbocycles. The van der Waals surface area contributed by atoms with E-state index in [0.717, 1.165) is 32.5 Å². The first-order valence-electron chi connectivity index (χ1n) is 9.10. The average molecular weight is 322 g/mol. The fourth-order valence-electron chi connectivity index (χ4n) is 3.92. The van der Waals surface area contributed by atoms with E-state index in [1.807, 2.05) is 0 Å². The van der Waals surface area contributed by atoms with Gasteiger partial charge in [0, 0.05) is 25.7 Å². The van der Waals surface area contributed by atoms with Crippen molar-refractivity contribution < 1.29 is 0 Å². The lowest BCUT2D eigenvalue weighted by molar-refractivity contribution is 0.149. The van der Waals surface area contributed by atoms with Crippen LogP contribution in [0.1, 0.15) is 34.2 Å². The molecular formula is C22H30N2. The van der Waals surface area contributed by atoms with E-state index >= 15 is 0 Å². The molecule has 2 heteroatoms. The number of nitrogens with two attached hydrogens (primary N) is 1. The molecule has 1 heterocycles. The van der Waals surface area contributed by atoms with Gasteiger partial charge in [-0.2, -0.15) is 0 Å². The Morgan fingerprint density at radius 1 is 0.958 bits per heavy atom. The molecule has 1 saturated heterocycles. The Balaban J connectivity index is 1.66. The van der Waals surface area contributed by atoms with Crippen LogP contribution >= 0.6 is 0 Å². The number of rotatable bonds is 4. The van der Waals surface area contributed by atoms with Gasteiger partial charge < -0.3 is 5.73 Å². The maximum Gasteiger partial charge on any atom is 0.0237 e. The lowest BCUT2D eigenvalue weighted by atomic mass is 9.88. The van der Waals surface area contributed by atoms with E-state index in [2.05, 4.69) is 68.1 Å². The number of benzene rings is 2. The summed E-state index contributed by atoms with van der Waals surface area (Å²) >= 11 is 0. The Morgan fingerprint density at radius 3 is 2.50 bits per heavy atom. The second-order valence-corrected chi connectivity index (χ2v) is 7.61. The van der Waals surface area contributed by atoms with Crippen molar-refractivity contribution in [3.8, 4) is 0 Å². The fraction of sp³-hybridized carbons (Fsp3) is 0.455. The predicted octanol–water partition coefficient (Wildman–Crippen LogP) is 4.00. The molecule has 0 radical (unpaired) electrons. The summed E-state index contributed by atoms with van der Waals surface area (Å²) in [7, 11) is 0. The molecule has 0 amide bonds. The molecule has 1 aliphatic rings. The summed E-state index contributed by atoms with van der Waals surface area (Å²) in [5, 5.41) is 0. The molecule has 24 heavy (non-hydrogen) atoms. The van der Waals surface area contributed by atoms with E-state index < -0.39 is 0 Å². The van der Waals surface area contributed by atoms with Crippen molar-refractivity contribution >= 4 is 0 Å². The molecule has 0 aromatic heterocycles. The third kappa shape index (κ3) is 4.25. The summed E-state index contributed by atoms with van der Waals surface area (Å²) in [4.78, 5) is 2.54. The molecule has 3 rings (SSSR count). The summed E-state index contributed by atoms with van der Waals surface area (Å²) in [6, 6.07) is 15.9. The van der Waals surface area contributed by atoms with E-state index in [0.29, 0.717) is 12.0 Å². The third-order valence-corrected chi connectivity index (χ3v) is 5.40. The average Bonchev–Trinajstić information content (AvgIpc) is 2.53. The predicted molar refractivity (Wildman–Crippen MR) is 102 cm³/mol. The SMILES string of the molecule is Cc1ccc(CC2CC(N)CN(Cc3ccccc3C)C2)cc1C. The normalized spacial score (nSPS) is 21.8. The van der Waals surface area contributed by atoms with E-state index in [4.69, 9.17) is 5.73 Å². The zero-order valence-corrected chi connectivity index (χ0v) is 15.3. The lowest BCUT2D eigenvalue weighted by Gasteiger charge is -2.36. The van der Waals surface area contributed by atoms with Crippen molar-refractivity contribution in [1.82, 2.24) is 4.90 Å². The van der Waals surface area contributed by atoms with Crippen LogP contribution in [0.25, 0.3) is 0 Å². The monoisotopic (exact) mass is 322 g/mol. The second kappa shape index (κ2) is 7.50. The minimum absolute atomic E-state index is 0.291. The van der Waals surface area contributed by atoms with E-state index in [1.54, 1.807) is 0 Å². The molecule has 2 unspecified atom stereocenters. The van der Waals surface area contributed by atoms with Crippen LogP contribution in [-0.2, 0) is 13.0 Å². The Morgan fingerprint density at radius 2 is 1.75 bits per heavy atom. The van der Waals surface area contributed by atoms with Gasteiger partial charge in [0.25, 0.3) is 0 Å². The molecule has 0 bridgehead atoms. The lowest BCUT2D eigenvalue weighted by Crippen LogP contribution is -2.47. The minimum Gasteiger partial charge on any atom is -0.327 e. The van der Waals surface area contributed by atoms with Crippen LogP contribution in [0.3, 0.4) is 0 Å². The largest absolute Gasteiger partial charge is 0.327 e. The van der Waals surface area contributed by atoms with Gasteiger partial charge in [-0.15, -0.1) is 0 Å². The smallest absolute Gasteiger partial charge is 0.0237 e. The third-order valence-electron chi connectivity index (χ3n) is 5.40. The van der Waals surface area contributed by atoms with Gasteiger partial charge in [0.05, 0.1) is 0 Å². The minimum atomic E-state index is 0.291. The number of hydrogen-bond acceptors (Lipinski definition) is 2. The van der Waals surface area contributed by atoms with Gasteiger partial charge in [-0.3, -0.25) is 4.90 Å². The molecular weight excluding hydrogens is 292 g/mol. The van der Waals surface area contributed by atoms with Gasteiger partial charge >= 0.3 is 0 Å². The van der Waals surface area contributed by atoms with Crippen LogP contribution in [0.15, 0.2) is 42.5 Å². The zero-order chi connectivity index (χ0) is 17.1. The van der Waals surface area contributed by atoms with Crippen LogP contribution in [0, 0.1) is 26.7 Å². The van der Waals surface area contributed by atoms with Crippen molar-refractivity contribution in [2.24, 2.45) is 11.7 Å². The Labute approximate surface area is 146 Å².